The standard InChI is InChI=1S/C13H15NO2S2/c1-2-16-13(15)10(14)8-9-5-6-12(18-9)11-4-3-7-17-11/h3-7,10H,2,8,14H2,1H3. The zero-order valence-electron chi connectivity index (χ0n) is 10.1. The van der Waals surface area contributed by atoms with Crippen LogP contribution in [0.2, 0.25) is 0 Å². The molecule has 2 heterocycles. The lowest BCUT2D eigenvalue weighted by molar-refractivity contribution is -0.144. The first-order valence-electron chi connectivity index (χ1n) is 5.75. The highest BCUT2D eigenvalue weighted by Gasteiger charge is 2.16. The van der Waals surface area contributed by atoms with E-state index in [1.54, 1.807) is 29.6 Å². The van der Waals surface area contributed by atoms with Crippen LogP contribution in [-0.4, -0.2) is 18.6 Å². The molecule has 0 fully saturated rings. The van der Waals surface area contributed by atoms with Gasteiger partial charge in [-0.15, -0.1) is 22.7 Å². The van der Waals surface area contributed by atoms with Crippen LogP contribution in [-0.2, 0) is 16.0 Å². The highest BCUT2D eigenvalue weighted by Crippen LogP contribution is 2.31. The lowest BCUT2D eigenvalue weighted by Gasteiger charge is -2.08. The molecular weight excluding hydrogens is 266 g/mol. The second kappa shape index (κ2) is 6.13. The summed E-state index contributed by atoms with van der Waals surface area (Å²) in [6.07, 6.45) is 0.537. The third kappa shape index (κ3) is 3.19. The van der Waals surface area contributed by atoms with E-state index in [4.69, 9.17) is 10.5 Å². The lowest BCUT2D eigenvalue weighted by atomic mass is 10.2. The molecule has 0 saturated heterocycles. The van der Waals surface area contributed by atoms with Crippen molar-refractivity contribution in [2.45, 2.75) is 19.4 Å². The van der Waals surface area contributed by atoms with E-state index in [1.807, 2.05) is 12.1 Å². The van der Waals surface area contributed by atoms with Gasteiger partial charge >= 0.3 is 5.97 Å². The molecule has 0 bridgehead atoms. The summed E-state index contributed by atoms with van der Waals surface area (Å²) < 4.78 is 4.90. The lowest BCUT2D eigenvalue weighted by Crippen LogP contribution is -2.34. The normalized spacial score (nSPS) is 12.3. The fourth-order valence-electron chi connectivity index (χ4n) is 1.59. The summed E-state index contributed by atoms with van der Waals surface area (Å²) >= 11 is 3.39. The molecule has 5 heteroatoms. The van der Waals surface area contributed by atoms with Crippen molar-refractivity contribution in [1.82, 2.24) is 0 Å². The second-order valence-corrected chi connectivity index (χ2v) is 5.92. The van der Waals surface area contributed by atoms with Gasteiger partial charge in [0.15, 0.2) is 0 Å². The van der Waals surface area contributed by atoms with E-state index in [9.17, 15) is 4.79 Å². The molecule has 0 saturated carbocycles. The van der Waals surface area contributed by atoms with Crippen LogP contribution in [0.25, 0.3) is 9.75 Å². The first kappa shape index (κ1) is 13.3. The third-order valence-electron chi connectivity index (χ3n) is 2.44. The average molecular weight is 281 g/mol. The Hall–Kier alpha value is -1.17. The zero-order chi connectivity index (χ0) is 13.0. The quantitative estimate of drug-likeness (QED) is 0.857. The van der Waals surface area contributed by atoms with E-state index in [1.165, 1.54) is 9.75 Å². The van der Waals surface area contributed by atoms with Crippen LogP contribution >= 0.6 is 22.7 Å². The van der Waals surface area contributed by atoms with E-state index in [2.05, 4.69) is 17.5 Å². The molecule has 2 N–H and O–H groups in total. The van der Waals surface area contributed by atoms with Crippen LogP contribution in [0.15, 0.2) is 29.6 Å². The Balaban J connectivity index is 2.01. The number of hydrogen-bond donors (Lipinski definition) is 1. The van der Waals surface area contributed by atoms with Crippen molar-refractivity contribution < 1.29 is 9.53 Å². The van der Waals surface area contributed by atoms with Gasteiger partial charge in [0.05, 0.1) is 6.61 Å². The number of esters is 1. The maximum atomic E-state index is 11.4. The largest absolute Gasteiger partial charge is 0.465 e. The summed E-state index contributed by atoms with van der Waals surface area (Å²) in [6.45, 7) is 2.15. The Bertz CT molecular complexity index is 505. The predicted octanol–water partition coefficient (Wildman–Crippen LogP) is 2.91. The van der Waals surface area contributed by atoms with Gasteiger partial charge in [-0.1, -0.05) is 6.07 Å². The molecule has 0 aliphatic heterocycles. The van der Waals surface area contributed by atoms with E-state index in [0.29, 0.717) is 13.0 Å². The number of rotatable bonds is 5. The summed E-state index contributed by atoms with van der Waals surface area (Å²) in [5, 5.41) is 2.05. The average Bonchev–Trinajstić information content (AvgIpc) is 2.98. The molecule has 18 heavy (non-hydrogen) atoms. The van der Waals surface area contributed by atoms with Gasteiger partial charge in [-0.05, 0) is 30.5 Å². The molecule has 0 aliphatic carbocycles. The van der Waals surface area contributed by atoms with Crippen molar-refractivity contribution in [3.05, 3.63) is 34.5 Å². The summed E-state index contributed by atoms with van der Waals surface area (Å²) in [7, 11) is 0. The number of thiophene rings is 2. The summed E-state index contributed by atoms with van der Waals surface area (Å²) in [6, 6.07) is 7.65. The highest BCUT2D eigenvalue weighted by atomic mass is 32.1. The van der Waals surface area contributed by atoms with Crippen molar-refractivity contribution in [2.75, 3.05) is 6.61 Å². The summed E-state index contributed by atoms with van der Waals surface area (Å²) in [5.41, 5.74) is 5.80. The van der Waals surface area contributed by atoms with Gasteiger partial charge in [0.1, 0.15) is 6.04 Å². The van der Waals surface area contributed by atoms with Gasteiger partial charge in [0.2, 0.25) is 0 Å². The molecule has 2 rings (SSSR count). The van der Waals surface area contributed by atoms with Crippen LogP contribution in [0.1, 0.15) is 11.8 Å². The maximum Gasteiger partial charge on any atom is 0.323 e. The molecule has 0 aromatic carbocycles. The second-order valence-electron chi connectivity index (χ2n) is 3.81. The van der Waals surface area contributed by atoms with Gasteiger partial charge in [0.25, 0.3) is 0 Å². The van der Waals surface area contributed by atoms with Crippen LogP contribution < -0.4 is 5.73 Å². The molecule has 0 aliphatic rings. The Labute approximate surface area is 114 Å². The van der Waals surface area contributed by atoms with Crippen LogP contribution in [0.4, 0.5) is 0 Å². The van der Waals surface area contributed by atoms with Gasteiger partial charge in [-0.25, -0.2) is 0 Å². The Morgan fingerprint density at radius 3 is 2.89 bits per heavy atom. The van der Waals surface area contributed by atoms with E-state index in [-0.39, 0.29) is 5.97 Å². The van der Waals surface area contributed by atoms with Crippen LogP contribution in [0, 0.1) is 0 Å². The number of carbonyl (C=O) groups is 1. The molecule has 1 unspecified atom stereocenters. The van der Waals surface area contributed by atoms with Crippen molar-refractivity contribution in [3.63, 3.8) is 0 Å². The number of ether oxygens (including phenoxy) is 1. The van der Waals surface area contributed by atoms with Crippen molar-refractivity contribution in [2.24, 2.45) is 5.73 Å². The van der Waals surface area contributed by atoms with Crippen molar-refractivity contribution in [1.29, 1.82) is 0 Å². The molecule has 2 aromatic heterocycles. The van der Waals surface area contributed by atoms with Crippen LogP contribution in [0.3, 0.4) is 0 Å². The molecule has 3 nitrogen and oxygen atoms in total. The maximum absolute atomic E-state index is 11.4. The Kier molecular flexibility index (Phi) is 4.52. The van der Waals surface area contributed by atoms with E-state index >= 15 is 0 Å². The van der Waals surface area contributed by atoms with Gasteiger partial charge in [-0.3, -0.25) is 4.79 Å². The number of hydrogen-bond acceptors (Lipinski definition) is 5. The molecular formula is C13H15NO2S2. The Morgan fingerprint density at radius 2 is 2.22 bits per heavy atom. The zero-order valence-corrected chi connectivity index (χ0v) is 11.7. The minimum atomic E-state index is -0.570. The van der Waals surface area contributed by atoms with Gasteiger partial charge in [0, 0.05) is 21.1 Å². The van der Waals surface area contributed by atoms with Gasteiger partial charge in [-0.2, -0.15) is 0 Å². The molecule has 0 radical (unpaired) electrons. The minimum Gasteiger partial charge on any atom is -0.465 e. The van der Waals surface area contributed by atoms with Crippen molar-refractivity contribution in [3.8, 4) is 9.75 Å². The summed E-state index contributed by atoms with van der Waals surface area (Å²) in [4.78, 5) is 15.0. The third-order valence-corrected chi connectivity index (χ3v) is 4.61. The molecule has 0 amide bonds. The SMILES string of the molecule is CCOC(=O)C(N)Cc1ccc(-c2cccs2)s1. The first-order chi connectivity index (χ1) is 8.70. The monoisotopic (exact) mass is 281 g/mol. The fourth-order valence-corrected chi connectivity index (χ4v) is 3.49. The smallest absolute Gasteiger partial charge is 0.323 e. The Morgan fingerprint density at radius 1 is 1.39 bits per heavy atom. The van der Waals surface area contributed by atoms with Gasteiger partial charge < -0.3 is 10.5 Å². The fraction of sp³-hybridized carbons (Fsp3) is 0.308. The first-order valence-corrected chi connectivity index (χ1v) is 7.45. The van der Waals surface area contributed by atoms with Crippen molar-refractivity contribution >= 4 is 28.6 Å². The predicted molar refractivity (Wildman–Crippen MR) is 75.9 cm³/mol. The number of carbonyl (C=O) groups excluding carboxylic acids is 1. The molecule has 0 spiro atoms. The van der Waals surface area contributed by atoms with E-state index in [0.717, 1.165) is 4.88 Å². The highest BCUT2D eigenvalue weighted by molar-refractivity contribution is 7.21. The van der Waals surface area contributed by atoms with E-state index < -0.39 is 6.04 Å². The summed E-state index contributed by atoms with van der Waals surface area (Å²) in [5.74, 6) is -0.330. The molecule has 96 valence electrons. The minimum absolute atomic E-state index is 0.330. The molecule has 2 aromatic rings. The topological polar surface area (TPSA) is 52.3 Å². The number of nitrogens with two attached hydrogens (primary N) is 1. The van der Waals surface area contributed by atoms with Crippen LogP contribution in [0.5, 0.6) is 0 Å². The molecule has 1 atom stereocenters.